The molecular formula is C21H41ClO4. The second kappa shape index (κ2) is 19.4. The van der Waals surface area contributed by atoms with Crippen molar-refractivity contribution < 1.29 is 19.4 Å². The highest BCUT2D eigenvalue weighted by atomic mass is 35.5. The summed E-state index contributed by atoms with van der Waals surface area (Å²) in [6.07, 6.45) is 15.4. The summed E-state index contributed by atoms with van der Waals surface area (Å²) in [6.45, 7) is 2.64. The van der Waals surface area contributed by atoms with E-state index in [4.69, 9.17) is 21.4 Å². The predicted molar refractivity (Wildman–Crippen MR) is 109 cm³/mol. The van der Waals surface area contributed by atoms with E-state index in [2.05, 4.69) is 11.7 Å². The van der Waals surface area contributed by atoms with Crippen LogP contribution in [0.25, 0.3) is 0 Å². The lowest BCUT2D eigenvalue weighted by atomic mass is 10.0. The highest BCUT2D eigenvalue weighted by molar-refractivity contribution is 6.21. The van der Waals surface area contributed by atoms with E-state index in [0.717, 1.165) is 51.4 Å². The number of ether oxygens (including phenoxy) is 2. The standard InChI is InChI=1S/C21H41ClO4/c1-3-4-5-6-8-11-14-19(22)20(26-18-17-23)15-12-9-7-10-13-16-21(24)25-2/h19-20,23H,3-18H2,1-2H3. The summed E-state index contributed by atoms with van der Waals surface area (Å²) in [4.78, 5) is 11.1. The van der Waals surface area contributed by atoms with Gasteiger partial charge in [0.05, 0.1) is 31.8 Å². The molecule has 0 rings (SSSR count). The number of rotatable bonds is 19. The van der Waals surface area contributed by atoms with E-state index in [1.54, 1.807) is 0 Å². The Kier molecular flexibility index (Phi) is 19.2. The van der Waals surface area contributed by atoms with E-state index in [-0.39, 0.29) is 24.1 Å². The normalized spacial score (nSPS) is 13.5. The van der Waals surface area contributed by atoms with Crippen LogP contribution in [0.15, 0.2) is 0 Å². The third-order valence-corrected chi connectivity index (χ3v) is 5.26. The summed E-state index contributed by atoms with van der Waals surface area (Å²) in [7, 11) is 1.43. The maximum absolute atomic E-state index is 11.1. The van der Waals surface area contributed by atoms with E-state index >= 15 is 0 Å². The van der Waals surface area contributed by atoms with Gasteiger partial charge in [-0.2, -0.15) is 0 Å². The molecule has 0 spiro atoms. The van der Waals surface area contributed by atoms with Crippen LogP contribution in [-0.2, 0) is 14.3 Å². The second-order valence-corrected chi connectivity index (χ2v) is 7.65. The number of alkyl halides is 1. The van der Waals surface area contributed by atoms with E-state index in [1.807, 2.05) is 0 Å². The van der Waals surface area contributed by atoms with Crippen molar-refractivity contribution in [3.8, 4) is 0 Å². The molecular weight excluding hydrogens is 352 g/mol. The van der Waals surface area contributed by atoms with E-state index in [1.165, 1.54) is 39.2 Å². The van der Waals surface area contributed by atoms with Crippen molar-refractivity contribution in [3.05, 3.63) is 0 Å². The predicted octanol–water partition coefficient (Wildman–Crippen LogP) is 5.63. The van der Waals surface area contributed by atoms with Gasteiger partial charge in [0.15, 0.2) is 0 Å². The first-order valence-corrected chi connectivity index (χ1v) is 11.0. The number of aliphatic hydroxyl groups is 1. The Morgan fingerprint density at radius 3 is 2.12 bits per heavy atom. The highest BCUT2D eigenvalue weighted by Gasteiger charge is 2.19. The van der Waals surface area contributed by atoms with Crippen molar-refractivity contribution in [2.45, 2.75) is 108 Å². The van der Waals surface area contributed by atoms with E-state index < -0.39 is 0 Å². The van der Waals surface area contributed by atoms with Crippen LogP contribution in [0, 0.1) is 0 Å². The average Bonchev–Trinajstić information content (AvgIpc) is 2.65. The Morgan fingerprint density at radius 1 is 0.923 bits per heavy atom. The molecule has 0 saturated heterocycles. The first-order valence-electron chi connectivity index (χ1n) is 10.6. The molecule has 0 aliphatic heterocycles. The number of unbranched alkanes of at least 4 members (excludes halogenated alkanes) is 9. The van der Waals surface area contributed by atoms with E-state index in [9.17, 15) is 4.79 Å². The lowest BCUT2D eigenvalue weighted by Crippen LogP contribution is -2.26. The molecule has 2 unspecified atom stereocenters. The minimum absolute atomic E-state index is 0.0343. The zero-order valence-corrected chi connectivity index (χ0v) is 17.8. The number of carbonyl (C=O) groups excluding carboxylic acids is 1. The number of hydrogen-bond donors (Lipinski definition) is 1. The fraction of sp³-hybridized carbons (Fsp3) is 0.952. The number of hydrogen-bond acceptors (Lipinski definition) is 4. The summed E-state index contributed by atoms with van der Waals surface area (Å²) < 4.78 is 10.4. The zero-order chi connectivity index (χ0) is 19.5. The van der Waals surface area contributed by atoms with Gasteiger partial charge in [-0.3, -0.25) is 4.79 Å². The molecule has 156 valence electrons. The zero-order valence-electron chi connectivity index (χ0n) is 17.0. The molecule has 0 aliphatic carbocycles. The minimum Gasteiger partial charge on any atom is -0.469 e. The molecule has 0 fully saturated rings. The smallest absolute Gasteiger partial charge is 0.305 e. The van der Waals surface area contributed by atoms with Crippen LogP contribution in [0.2, 0.25) is 0 Å². The average molecular weight is 393 g/mol. The monoisotopic (exact) mass is 392 g/mol. The quantitative estimate of drug-likeness (QED) is 0.176. The van der Waals surface area contributed by atoms with Crippen molar-refractivity contribution in [1.29, 1.82) is 0 Å². The van der Waals surface area contributed by atoms with Gasteiger partial charge >= 0.3 is 5.97 Å². The SMILES string of the molecule is CCCCCCCCC(Cl)C(CCCCCCCC(=O)OC)OCCO. The number of esters is 1. The molecule has 5 heteroatoms. The van der Waals surface area contributed by atoms with Gasteiger partial charge in [-0.05, 0) is 19.3 Å². The number of halogens is 1. The lowest BCUT2D eigenvalue weighted by Gasteiger charge is -2.22. The van der Waals surface area contributed by atoms with Crippen LogP contribution < -0.4 is 0 Å². The van der Waals surface area contributed by atoms with Crippen LogP contribution in [0.1, 0.15) is 96.8 Å². The molecule has 0 aromatic rings. The van der Waals surface area contributed by atoms with Crippen molar-refractivity contribution in [3.63, 3.8) is 0 Å². The Bertz CT molecular complexity index is 312. The molecule has 0 aliphatic rings. The fourth-order valence-electron chi connectivity index (χ4n) is 3.13. The molecule has 26 heavy (non-hydrogen) atoms. The van der Waals surface area contributed by atoms with E-state index in [0.29, 0.717) is 13.0 Å². The molecule has 2 atom stereocenters. The lowest BCUT2D eigenvalue weighted by molar-refractivity contribution is -0.140. The van der Waals surface area contributed by atoms with Gasteiger partial charge in [-0.15, -0.1) is 11.6 Å². The van der Waals surface area contributed by atoms with Crippen molar-refractivity contribution in [2.75, 3.05) is 20.3 Å². The van der Waals surface area contributed by atoms with Gasteiger partial charge in [0.1, 0.15) is 0 Å². The molecule has 1 N–H and O–H groups in total. The Hall–Kier alpha value is -0.320. The highest BCUT2D eigenvalue weighted by Crippen LogP contribution is 2.21. The molecule has 0 saturated carbocycles. The molecule has 4 nitrogen and oxygen atoms in total. The van der Waals surface area contributed by atoms with Crippen molar-refractivity contribution >= 4 is 17.6 Å². The molecule has 0 aromatic carbocycles. The van der Waals surface area contributed by atoms with Crippen LogP contribution >= 0.6 is 11.6 Å². The van der Waals surface area contributed by atoms with Gasteiger partial charge in [0.2, 0.25) is 0 Å². The van der Waals surface area contributed by atoms with Crippen LogP contribution in [0.5, 0.6) is 0 Å². The fourth-order valence-corrected chi connectivity index (χ4v) is 3.48. The van der Waals surface area contributed by atoms with Gasteiger partial charge < -0.3 is 14.6 Å². The van der Waals surface area contributed by atoms with Gasteiger partial charge in [0.25, 0.3) is 0 Å². The summed E-state index contributed by atoms with van der Waals surface area (Å²) in [5, 5.41) is 9.06. The van der Waals surface area contributed by atoms with Crippen molar-refractivity contribution in [2.24, 2.45) is 0 Å². The van der Waals surface area contributed by atoms with Gasteiger partial charge in [-0.25, -0.2) is 0 Å². The molecule has 0 radical (unpaired) electrons. The summed E-state index contributed by atoms with van der Waals surface area (Å²) in [6, 6.07) is 0. The molecule has 0 aromatic heterocycles. The summed E-state index contributed by atoms with van der Waals surface area (Å²) >= 11 is 6.58. The van der Waals surface area contributed by atoms with Gasteiger partial charge in [-0.1, -0.05) is 71.1 Å². The molecule has 0 amide bonds. The maximum atomic E-state index is 11.1. The summed E-state index contributed by atoms with van der Waals surface area (Å²) in [5.41, 5.74) is 0. The van der Waals surface area contributed by atoms with Crippen LogP contribution in [-0.4, -0.2) is 42.9 Å². The number of carbonyl (C=O) groups is 1. The third-order valence-electron chi connectivity index (χ3n) is 4.76. The van der Waals surface area contributed by atoms with Crippen LogP contribution in [0.3, 0.4) is 0 Å². The van der Waals surface area contributed by atoms with Crippen molar-refractivity contribution in [1.82, 2.24) is 0 Å². The minimum atomic E-state index is -0.123. The number of aliphatic hydroxyl groups excluding tert-OH is 1. The van der Waals surface area contributed by atoms with Gasteiger partial charge in [0, 0.05) is 6.42 Å². The first kappa shape index (κ1) is 25.7. The Balaban J connectivity index is 3.83. The Labute approximate surface area is 166 Å². The largest absolute Gasteiger partial charge is 0.469 e. The second-order valence-electron chi connectivity index (χ2n) is 7.09. The van der Waals surface area contributed by atoms with Crippen LogP contribution in [0.4, 0.5) is 0 Å². The maximum Gasteiger partial charge on any atom is 0.305 e. The third kappa shape index (κ3) is 15.9. The first-order chi connectivity index (χ1) is 12.7. The Morgan fingerprint density at radius 2 is 1.50 bits per heavy atom. The summed E-state index contributed by atoms with van der Waals surface area (Å²) in [5.74, 6) is -0.123. The molecule has 0 bridgehead atoms. The number of methoxy groups -OCH3 is 1. The topological polar surface area (TPSA) is 55.8 Å². The molecule has 0 heterocycles.